The van der Waals surface area contributed by atoms with Gasteiger partial charge in [0.25, 0.3) is 5.91 Å². The van der Waals surface area contributed by atoms with Gasteiger partial charge in [0.15, 0.2) is 6.23 Å². The predicted molar refractivity (Wildman–Crippen MR) is 58.0 cm³/mol. The number of fused-ring (bicyclic) bond motifs is 1. The molecule has 2 rings (SSSR count). The fourth-order valence-electron chi connectivity index (χ4n) is 1.71. The number of benzene rings is 1. The van der Waals surface area contributed by atoms with Crippen LogP contribution in [0, 0.1) is 6.92 Å². The molecule has 1 N–H and O–H groups in total. The van der Waals surface area contributed by atoms with Crippen molar-refractivity contribution in [2.24, 2.45) is 0 Å². The average molecular weight is 205 g/mol. The van der Waals surface area contributed by atoms with Crippen LogP contribution in [0.15, 0.2) is 18.2 Å². The van der Waals surface area contributed by atoms with Crippen LogP contribution >= 0.6 is 0 Å². The molecule has 0 saturated carbocycles. The lowest BCUT2D eigenvalue weighted by atomic mass is 10.1. The van der Waals surface area contributed by atoms with E-state index in [0.717, 1.165) is 18.4 Å². The zero-order valence-electron chi connectivity index (χ0n) is 9.04. The lowest BCUT2D eigenvalue weighted by Gasteiger charge is -2.26. The number of amides is 1. The standard InChI is InChI=1S/C12H15NO2/c1-3-4-11-13-12(14)9-6-5-8(2)7-10(9)15-11/h5-7,11H,3-4H2,1-2H3,(H,13,14)/t11-/m1/s1. The van der Waals surface area contributed by atoms with E-state index in [2.05, 4.69) is 12.2 Å². The predicted octanol–water partition coefficient (Wildman–Crippen LogP) is 2.24. The van der Waals surface area contributed by atoms with Crippen LogP contribution < -0.4 is 10.1 Å². The Morgan fingerprint density at radius 1 is 1.47 bits per heavy atom. The number of ether oxygens (including phenoxy) is 1. The van der Waals surface area contributed by atoms with Crippen molar-refractivity contribution in [3.05, 3.63) is 29.3 Å². The van der Waals surface area contributed by atoms with Gasteiger partial charge in [-0.3, -0.25) is 4.79 Å². The maximum atomic E-state index is 11.7. The molecule has 1 aromatic rings. The molecule has 0 spiro atoms. The second kappa shape index (κ2) is 3.93. The minimum absolute atomic E-state index is 0.0327. The second-order valence-electron chi connectivity index (χ2n) is 3.87. The van der Waals surface area contributed by atoms with E-state index in [1.165, 1.54) is 0 Å². The van der Waals surface area contributed by atoms with E-state index < -0.39 is 0 Å². The van der Waals surface area contributed by atoms with Crippen molar-refractivity contribution in [2.75, 3.05) is 0 Å². The third-order valence-corrected chi connectivity index (χ3v) is 2.49. The minimum atomic E-state index is -0.170. The summed E-state index contributed by atoms with van der Waals surface area (Å²) in [6.07, 6.45) is 1.67. The molecule has 15 heavy (non-hydrogen) atoms. The van der Waals surface area contributed by atoms with Crippen LogP contribution in [-0.2, 0) is 0 Å². The summed E-state index contributed by atoms with van der Waals surface area (Å²) >= 11 is 0. The molecule has 3 nitrogen and oxygen atoms in total. The number of hydrogen-bond donors (Lipinski definition) is 1. The van der Waals surface area contributed by atoms with Crippen molar-refractivity contribution in [2.45, 2.75) is 32.9 Å². The van der Waals surface area contributed by atoms with Crippen LogP contribution in [0.1, 0.15) is 35.7 Å². The van der Waals surface area contributed by atoms with Crippen LogP contribution in [0.2, 0.25) is 0 Å². The Hall–Kier alpha value is -1.51. The largest absolute Gasteiger partial charge is 0.470 e. The van der Waals surface area contributed by atoms with Crippen LogP contribution in [0.3, 0.4) is 0 Å². The Morgan fingerprint density at radius 3 is 3.00 bits per heavy atom. The molecule has 1 aliphatic rings. The first-order valence-electron chi connectivity index (χ1n) is 5.29. The first-order valence-corrected chi connectivity index (χ1v) is 5.29. The zero-order valence-corrected chi connectivity index (χ0v) is 9.04. The molecular weight excluding hydrogens is 190 g/mol. The van der Waals surface area contributed by atoms with E-state index in [1.54, 1.807) is 0 Å². The summed E-state index contributed by atoms with van der Waals surface area (Å²) in [6.45, 7) is 4.06. The van der Waals surface area contributed by atoms with Crippen LogP contribution in [0.4, 0.5) is 0 Å². The Bertz CT molecular complexity index is 387. The number of aryl methyl sites for hydroxylation is 1. The molecule has 0 radical (unpaired) electrons. The summed E-state index contributed by atoms with van der Waals surface area (Å²) in [6, 6.07) is 5.64. The highest BCUT2D eigenvalue weighted by Crippen LogP contribution is 2.25. The van der Waals surface area contributed by atoms with Gasteiger partial charge >= 0.3 is 0 Å². The van der Waals surface area contributed by atoms with Crippen LogP contribution in [-0.4, -0.2) is 12.1 Å². The number of carbonyl (C=O) groups excluding carboxylic acids is 1. The number of carbonyl (C=O) groups is 1. The Kier molecular flexibility index (Phi) is 2.62. The molecule has 1 aliphatic heterocycles. The molecule has 0 aromatic heterocycles. The van der Waals surface area contributed by atoms with Gasteiger partial charge in [-0.1, -0.05) is 19.4 Å². The summed E-state index contributed by atoms with van der Waals surface area (Å²) in [4.78, 5) is 11.7. The molecule has 1 heterocycles. The maximum absolute atomic E-state index is 11.7. The first-order chi connectivity index (χ1) is 7.20. The molecular formula is C12H15NO2. The molecule has 80 valence electrons. The SMILES string of the molecule is CCC[C@@H]1NC(=O)c2ccc(C)cc2O1. The summed E-state index contributed by atoms with van der Waals surface area (Å²) in [5.74, 6) is 0.673. The van der Waals surface area contributed by atoms with Gasteiger partial charge in [0.2, 0.25) is 0 Å². The summed E-state index contributed by atoms with van der Waals surface area (Å²) < 4.78 is 5.69. The molecule has 0 aliphatic carbocycles. The molecule has 0 unspecified atom stereocenters. The van der Waals surface area contributed by atoms with E-state index >= 15 is 0 Å². The van der Waals surface area contributed by atoms with Gasteiger partial charge in [-0.25, -0.2) is 0 Å². The maximum Gasteiger partial charge on any atom is 0.257 e. The van der Waals surface area contributed by atoms with Gasteiger partial charge in [-0.15, -0.1) is 0 Å². The van der Waals surface area contributed by atoms with Crippen molar-refractivity contribution in [3.8, 4) is 5.75 Å². The number of hydrogen-bond acceptors (Lipinski definition) is 2. The van der Waals surface area contributed by atoms with Gasteiger partial charge in [0, 0.05) is 6.42 Å². The van der Waals surface area contributed by atoms with Crippen molar-refractivity contribution in [1.29, 1.82) is 0 Å². The Morgan fingerprint density at radius 2 is 2.27 bits per heavy atom. The molecule has 0 saturated heterocycles. The van der Waals surface area contributed by atoms with Gasteiger partial charge in [-0.05, 0) is 24.6 Å². The summed E-state index contributed by atoms with van der Waals surface area (Å²) in [5, 5.41) is 2.83. The van der Waals surface area contributed by atoms with Crippen molar-refractivity contribution >= 4 is 5.91 Å². The second-order valence-corrected chi connectivity index (χ2v) is 3.87. The smallest absolute Gasteiger partial charge is 0.257 e. The third-order valence-electron chi connectivity index (χ3n) is 2.49. The van der Waals surface area contributed by atoms with Crippen LogP contribution in [0.25, 0.3) is 0 Å². The fourth-order valence-corrected chi connectivity index (χ4v) is 1.71. The van der Waals surface area contributed by atoms with Gasteiger partial charge in [-0.2, -0.15) is 0 Å². The number of nitrogens with one attached hydrogen (secondary N) is 1. The van der Waals surface area contributed by atoms with Crippen molar-refractivity contribution in [1.82, 2.24) is 5.32 Å². The highest BCUT2D eigenvalue weighted by atomic mass is 16.5. The molecule has 3 heteroatoms. The normalized spacial score (nSPS) is 19.1. The van der Waals surface area contributed by atoms with Gasteiger partial charge < -0.3 is 10.1 Å². The van der Waals surface area contributed by atoms with Gasteiger partial charge in [0.1, 0.15) is 5.75 Å². The van der Waals surface area contributed by atoms with E-state index in [4.69, 9.17) is 4.74 Å². The zero-order chi connectivity index (χ0) is 10.8. The topological polar surface area (TPSA) is 38.3 Å². The van der Waals surface area contributed by atoms with E-state index in [9.17, 15) is 4.79 Å². The van der Waals surface area contributed by atoms with Crippen molar-refractivity contribution in [3.63, 3.8) is 0 Å². The fraction of sp³-hybridized carbons (Fsp3) is 0.417. The van der Waals surface area contributed by atoms with Gasteiger partial charge in [0.05, 0.1) is 5.56 Å². The highest BCUT2D eigenvalue weighted by molar-refractivity contribution is 5.98. The number of rotatable bonds is 2. The third kappa shape index (κ3) is 1.96. The summed E-state index contributed by atoms with van der Waals surface area (Å²) in [5.41, 5.74) is 1.74. The lowest BCUT2D eigenvalue weighted by Crippen LogP contribution is -2.43. The molecule has 1 atom stereocenters. The molecule has 1 aromatic carbocycles. The molecule has 0 fully saturated rings. The average Bonchev–Trinajstić information content (AvgIpc) is 2.17. The first kappa shape index (κ1) is 10.0. The van der Waals surface area contributed by atoms with E-state index in [1.807, 2.05) is 25.1 Å². The highest BCUT2D eigenvalue weighted by Gasteiger charge is 2.24. The quantitative estimate of drug-likeness (QED) is 0.804. The molecule has 1 amide bonds. The van der Waals surface area contributed by atoms with E-state index in [0.29, 0.717) is 11.3 Å². The Balaban J connectivity index is 2.29. The van der Waals surface area contributed by atoms with E-state index in [-0.39, 0.29) is 12.1 Å². The lowest BCUT2D eigenvalue weighted by molar-refractivity contribution is 0.0739. The minimum Gasteiger partial charge on any atom is -0.470 e. The van der Waals surface area contributed by atoms with Crippen LogP contribution in [0.5, 0.6) is 5.75 Å². The molecule has 0 bridgehead atoms. The van der Waals surface area contributed by atoms with Crippen molar-refractivity contribution < 1.29 is 9.53 Å². The monoisotopic (exact) mass is 205 g/mol. The Labute approximate surface area is 89.4 Å². The summed E-state index contributed by atoms with van der Waals surface area (Å²) in [7, 11) is 0.